The summed E-state index contributed by atoms with van der Waals surface area (Å²) >= 11 is 0. The number of ether oxygens (including phenoxy) is 1. The number of aryl methyl sites for hydroxylation is 2. The predicted octanol–water partition coefficient (Wildman–Crippen LogP) is 2.06. The summed E-state index contributed by atoms with van der Waals surface area (Å²) < 4.78 is 7.06. The van der Waals surface area contributed by atoms with Gasteiger partial charge >= 0.3 is 5.97 Å². The molecule has 0 aliphatic carbocycles. The van der Waals surface area contributed by atoms with E-state index in [0.717, 1.165) is 22.6 Å². The molecule has 17 heavy (non-hydrogen) atoms. The Morgan fingerprint density at radius 1 is 1.41 bits per heavy atom. The Morgan fingerprint density at radius 2 is 2.18 bits per heavy atom. The lowest BCUT2D eigenvalue weighted by Gasteiger charge is -2.07. The second-order valence-electron chi connectivity index (χ2n) is 4.16. The van der Waals surface area contributed by atoms with Gasteiger partial charge in [-0.25, -0.2) is 4.98 Å². The summed E-state index contributed by atoms with van der Waals surface area (Å²) in [4.78, 5) is 15.1. The smallest absolute Gasteiger partial charge is 0.302 e. The molecule has 2 aromatic rings. The third-order valence-electron chi connectivity index (χ3n) is 2.78. The summed E-state index contributed by atoms with van der Waals surface area (Å²) in [6.45, 7) is 5.90. The Balaban J connectivity index is 2.29. The van der Waals surface area contributed by atoms with Crippen LogP contribution < -0.4 is 0 Å². The third-order valence-corrected chi connectivity index (χ3v) is 2.78. The molecular weight excluding hydrogens is 216 g/mol. The first-order valence-corrected chi connectivity index (χ1v) is 5.65. The number of imidazole rings is 1. The molecule has 0 fully saturated rings. The zero-order valence-corrected chi connectivity index (χ0v) is 10.4. The lowest BCUT2D eigenvalue weighted by molar-refractivity contribution is -0.140. The second kappa shape index (κ2) is 4.57. The Labute approximate surface area is 100 Å². The fraction of sp³-hybridized carbons (Fsp3) is 0.385. The maximum absolute atomic E-state index is 10.7. The Hall–Kier alpha value is -1.84. The van der Waals surface area contributed by atoms with Crippen LogP contribution in [0.1, 0.15) is 23.9 Å². The van der Waals surface area contributed by atoms with E-state index in [9.17, 15) is 4.79 Å². The average Bonchev–Trinajstić information content (AvgIpc) is 2.68. The zero-order valence-electron chi connectivity index (χ0n) is 10.4. The van der Waals surface area contributed by atoms with Crippen LogP contribution in [0.5, 0.6) is 0 Å². The molecule has 4 nitrogen and oxygen atoms in total. The highest BCUT2D eigenvalue weighted by Gasteiger charge is 2.07. The normalized spacial score (nSPS) is 10.8. The van der Waals surface area contributed by atoms with E-state index in [1.807, 2.05) is 20.0 Å². The van der Waals surface area contributed by atoms with Crippen molar-refractivity contribution in [1.82, 2.24) is 9.38 Å². The minimum absolute atomic E-state index is 0.244. The number of carbonyl (C=O) groups is 1. The molecule has 0 saturated carbocycles. The molecule has 0 N–H and O–H groups in total. The highest BCUT2D eigenvalue weighted by molar-refractivity contribution is 5.65. The van der Waals surface area contributed by atoms with Crippen LogP contribution in [0.25, 0.3) is 5.65 Å². The Morgan fingerprint density at radius 3 is 2.88 bits per heavy atom. The van der Waals surface area contributed by atoms with Gasteiger partial charge in [0.15, 0.2) is 0 Å². The summed E-state index contributed by atoms with van der Waals surface area (Å²) in [5.41, 5.74) is 4.33. The van der Waals surface area contributed by atoms with Crippen LogP contribution in [-0.2, 0) is 16.0 Å². The van der Waals surface area contributed by atoms with E-state index in [0.29, 0.717) is 13.0 Å². The molecule has 2 aromatic heterocycles. The van der Waals surface area contributed by atoms with Crippen LogP contribution in [0.2, 0.25) is 0 Å². The van der Waals surface area contributed by atoms with E-state index >= 15 is 0 Å². The maximum Gasteiger partial charge on any atom is 0.302 e. The first-order valence-electron chi connectivity index (χ1n) is 5.65. The molecular formula is C13H16N2O2. The highest BCUT2D eigenvalue weighted by atomic mass is 16.5. The fourth-order valence-corrected chi connectivity index (χ4v) is 1.93. The number of hydrogen-bond acceptors (Lipinski definition) is 3. The first-order chi connectivity index (χ1) is 8.09. The second-order valence-corrected chi connectivity index (χ2v) is 4.16. The van der Waals surface area contributed by atoms with Crippen molar-refractivity contribution >= 4 is 11.6 Å². The monoisotopic (exact) mass is 232 g/mol. The molecule has 90 valence electrons. The quantitative estimate of drug-likeness (QED) is 0.761. The average molecular weight is 232 g/mol. The number of nitrogens with zero attached hydrogens (tertiary/aromatic N) is 2. The SMILES string of the molecule is CC(=O)OCCc1cnc2c(C)ccc(C)n12. The number of fused-ring (bicyclic) bond motifs is 1. The number of aromatic nitrogens is 2. The molecule has 0 spiro atoms. The molecule has 0 saturated heterocycles. The van der Waals surface area contributed by atoms with Crippen molar-refractivity contribution in [3.8, 4) is 0 Å². The van der Waals surface area contributed by atoms with E-state index < -0.39 is 0 Å². The lowest BCUT2D eigenvalue weighted by atomic mass is 10.2. The van der Waals surface area contributed by atoms with Gasteiger partial charge in [-0.1, -0.05) is 6.07 Å². The molecule has 2 heterocycles. The summed E-state index contributed by atoms with van der Waals surface area (Å²) in [5.74, 6) is -0.244. The fourth-order valence-electron chi connectivity index (χ4n) is 1.93. The molecule has 0 bridgehead atoms. The number of esters is 1. The van der Waals surface area contributed by atoms with Gasteiger partial charge in [-0.15, -0.1) is 0 Å². The van der Waals surface area contributed by atoms with Crippen molar-refractivity contribution in [2.45, 2.75) is 27.2 Å². The summed E-state index contributed by atoms with van der Waals surface area (Å²) in [6, 6.07) is 4.13. The summed E-state index contributed by atoms with van der Waals surface area (Å²) in [5, 5.41) is 0. The summed E-state index contributed by atoms with van der Waals surface area (Å²) in [7, 11) is 0. The Kier molecular flexibility index (Phi) is 3.13. The van der Waals surface area contributed by atoms with E-state index in [-0.39, 0.29) is 5.97 Å². The van der Waals surface area contributed by atoms with E-state index in [1.165, 1.54) is 6.92 Å². The number of pyridine rings is 1. The van der Waals surface area contributed by atoms with Gasteiger partial charge in [-0.3, -0.25) is 4.79 Å². The number of carbonyl (C=O) groups excluding carboxylic acids is 1. The highest BCUT2D eigenvalue weighted by Crippen LogP contribution is 2.14. The van der Waals surface area contributed by atoms with Gasteiger partial charge in [0, 0.05) is 30.9 Å². The molecule has 0 atom stereocenters. The van der Waals surface area contributed by atoms with Gasteiger partial charge < -0.3 is 9.14 Å². The minimum Gasteiger partial charge on any atom is -0.465 e. The topological polar surface area (TPSA) is 43.6 Å². The molecule has 0 aromatic carbocycles. The van der Waals surface area contributed by atoms with Crippen molar-refractivity contribution < 1.29 is 9.53 Å². The van der Waals surface area contributed by atoms with Crippen LogP contribution in [0.3, 0.4) is 0 Å². The van der Waals surface area contributed by atoms with Crippen molar-refractivity contribution in [3.05, 3.63) is 35.3 Å². The van der Waals surface area contributed by atoms with Gasteiger partial charge in [0.25, 0.3) is 0 Å². The van der Waals surface area contributed by atoms with Crippen molar-refractivity contribution in [1.29, 1.82) is 0 Å². The third kappa shape index (κ3) is 2.30. The molecule has 0 unspecified atom stereocenters. The predicted molar refractivity (Wildman–Crippen MR) is 65.0 cm³/mol. The maximum atomic E-state index is 10.7. The van der Waals surface area contributed by atoms with Crippen LogP contribution in [0.15, 0.2) is 18.3 Å². The van der Waals surface area contributed by atoms with Gasteiger partial charge in [-0.05, 0) is 25.5 Å². The van der Waals surface area contributed by atoms with E-state index in [1.54, 1.807) is 0 Å². The summed E-state index contributed by atoms with van der Waals surface area (Å²) in [6.07, 6.45) is 2.53. The largest absolute Gasteiger partial charge is 0.465 e. The lowest BCUT2D eigenvalue weighted by Crippen LogP contribution is -2.06. The van der Waals surface area contributed by atoms with Crippen molar-refractivity contribution in [2.24, 2.45) is 0 Å². The number of hydrogen-bond donors (Lipinski definition) is 0. The minimum atomic E-state index is -0.244. The van der Waals surface area contributed by atoms with Crippen LogP contribution in [0.4, 0.5) is 0 Å². The standard InChI is InChI=1S/C13H16N2O2/c1-9-4-5-10(2)15-12(8-14-13(9)15)6-7-17-11(3)16/h4-5,8H,6-7H2,1-3H3. The molecule has 0 aliphatic rings. The van der Waals surface area contributed by atoms with Crippen LogP contribution in [-0.4, -0.2) is 22.0 Å². The van der Waals surface area contributed by atoms with Crippen molar-refractivity contribution in [3.63, 3.8) is 0 Å². The van der Waals surface area contributed by atoms with Gasteiger partial charge in [-0.2, -0.15) is 0 Å². The van der Waals surface area contributed by atoms with Crippen molar-refractivity contribution in [2.75, 3.05) is 6.61 Å². The van der Waals surface area contributed by atoms with Gasteiger partial charge in [0.1, 0.15) is 5.65 Å². The van der Waals surface area contributed by atoms with Gasteiger partial charge in [0.05, 0.1) is 6.61 Å². The molecule has 0 amide bonds. The molecule has 0 aliphatic heterocycles. The molecule has 4 heteroatoms. The van der Waals surface area contributed by atoms with Crippen LogP contribution in [0, 0.1) is 13.8 Å². The van der Waals surface area contributed by atoms with Gasteiger partial charge in [0.2, 0.25) is 0 Å². The number of rotatable bonds is 3. The Bertz CT molecular complexity index is 558. The van der Waals surface area contributed by atoms with Crippen LogP contribution >= 0.6 is 0 Å². The van der Waals surface area contributed by atoms with E-state index in [4.69, 9.17) is 4.74 Å². The first kappa shape index (κ1) is 11.6. The van der Waals surface area contributed by atoms with E-state index in [2.05, 4.69) is 21.5 Å². The zero-order chi connectivity index (χ0) is 12.4. The molecule has 2 rings (SSSR count). The molecule has 0 radical (unpaired) electrons.